The summed E-state index contributed by atoms with van der Waals surface area (Å²) in [7, 11) is 2.78. The fourth-order valence-electron chi connectivity index (χ4n) is 4.43. The fourth-order valence-corrected chi connectivity index (χ4v) is 6.76. The zero-order chi connectivity index (χ0) is 30.4. The van der Waals surface area contributed by atoms with Crippen molar-refractivity contribution in [3.05, 3.63) is 47.9 Å². The molecule has 4 rings (SSSR count). The third kappa shape index (κ3) is 8.34. The quantitative estimate of drug-likeness (QED) is 0.302. The maximum absolute atomic E-state index is 13.6. The summed E-state index contributed by atoms with van der Waals surface area (Å²) in [5, 5.41) is 8.27. The van der Waals surface area contributed by atoms with Gasteiger partial charge in [0.2, 0.25) is 17.7 Å². The molecule has 2 aromatic rings. The summed E-state index contributed by atoms with van der Waals surface area (Å²) in [6.07, 6.45) is 0.801. The third-order valence-corrected chi connectivity index (χ3v) is 8.69. The molecule has 0 fully saturated rings. The number of fused-ring (bicyclic) bond motifs is 10. The molecule has 0 aliphatic carbocycles. The number of carbonyl (C=O) groups is 4. The molecule has 41 heavy (non-hydrogen) atoms. The van der Waals surface area contributed by atoms with E-state index < -0.39 is 41.8 Å². The molecule has 3 amide bonds. The van der Waals surface area contributed by atoms with E-state index in [9.17, 15) is 19.2 Å². The van der Waals surface area contributed by atoms with E-state index in [1.54, 1.807) is 18.2 Å². The van der Waals surface area contributed by atoms with E-state index in [-0.39, 0.29) is 18.8 Å². The molecule has 2 aliphatic heterocycles. The van der Waals surface area contributed by atoms with Gasteiger partial charge >= 0.3 is 5.97 Å². The molecule has 2 aliphatic rings. The first-order chi connectivity index (χ1) is 19.4. The SMILES string of the molecule is CC[C@H](C)[C@@H]1NC(=O)[C@@H](NC(C)=O)Cc2cc(I)c(OC)c(c2)Oc2c(Br)cc(cc2Br)C[C@@H](C(=O)OC)NC1=O. The Bertz CT molecular complexity index is 1320. The number of nitrogens with one attached hydrogen (secondary N) is 3. The lowest BCUT2D eigenvalue weighted by Gasteiger charge is -2.28. The molecule has 10 nitrogen and oxygen atoms in total. The number of ether oxygens (including phenoxy) is 3. The lowest BCUT2D eigenvalue weighted by Crippen LogP contribution is -2.58. The normalized spacial score (nSPS) is 20.1. The van der Waals surface area contributed by atoms with Gasteiger partial charge < -0.3 is 30.2 Å². The Morgan fingerprint density at radius 2 is 1.71 bits per heavy atom. The Kier molecular flexibility index (Phi) is 11.9. The van der Waals surface area contributed by atoms with Gasteiger partial charge in [0.1, 0.15) is 18.1 Å². The van der Waals surface area contributed by atoms with Gasteiger partial charge in [-0.05, 0) is 95.8 Å². The van der Waals surface area contributed by atoms with Crippen molar-refractivity contribution < 1.29 is 33.4 Å². The van der Waals surface area contributed by atoms with E-state index in [2.05, 4.69) is 70.4 Å². The number of carbonyl (C=O) groups excluding carboxylic acids is 4. The second-order valence-corrected chi connectivity index (χ2v) is 12.6. The standard InChI is InChI=1S/C28H32Br2IN3O7/c1-6-13(2)23-27(37)33-21(28(38)40-5)11-15-7-17(29)24(18(30)8-15)41-22-12-16(9-19(31)25(22)39-4)10-20(26(36)34-23)32-14(3)35/h7-9,12-13,20-21,23H,6,10-11H2,1-5H3,(H,32,35)(H,33,37)(H,34,36)/t13-,20-,21-,23-/m0/s1. The van der Waals surface area contributed by atoms with Crippen LogP contribution >= 0.6 is 54.5 Å². The number of amides is 3. The average Bonchev–Trinajstić information content (AvgIpc) is 2.91. The van der Waals surface area contributed by atoms with Crippen molar-refractivity contribution in [2.75, 3.05) is 14.2 Å². The first-order valence-corrected chi connectivity index (χ1v) is 15.5. The number of methoxy groups -OCH3 is 2. The zero-order valence-electron chi connectivity index (χ0n) is 23.2. The summed E-state index contributed by atoms with van der Waals surface area (Å²) in [5.74, 6) is -1.04. The second-order valence-electron chi connectivity index (χ2n) is 9.72. The molecular weight excluding hydrogens is 777 g/mol. The van der Waals surface area contributed by atoms with E-state index in [0.29, 0.717) is 43.7 Å². The minimum Gasteiger partial charge on any atom is -0.492 e. The van der Waals surface area contributed by atoms with Crippen LogP contribution < -0.4 is 25.4 Å². The highest BCUT2D eigenvalue weighted by Gasteiger charge is 2.33. The van der Waals surface area contributed by atoms with Crippen molar-refractivity contribution in [2.45, 2.75) is 58.2 Å². The smallest absolute Gasteiger partial charge is 0.328 e. The van der Waals surface area contributed by atoms with Crippen LogP contribution in [0.1, 0.15) is 38.3 Å². The van der Waals surface area contributed by atoms with Gasteiger partial charge in [0.15, 0.2) is 17.2 Å². The topological polar surface area (TPSA) is 132 Å². The van der Waals surface area contributed by atoms with Crippen LogP contribution in [-0.2, 0) is 36.8 Å². The molecule has 0 unspecified atom stereocenters. The number of hydrogen-bond acceptors (Lipinski definition) is 7. The monoisotopic (exact) mass is 807 g/mol. The highest BCUT2D eigenvalue weighted by Crippen LogP contribution is 2.43. The number of esters is 1. The summed E-state index contributed by atoms with van der Waals surface area (Å²) in [6.45, 7) is 5.05. The molecular formula is C28H32Br2IN3O7. The molecule has 13 heteroatoms. The van der Waals surface area contributed by atoms with Crippen LogP contribution in [0.5, 0.6) is 17.2 Å². The van der Waals surface area contributed by atoms with Gasteiger partial charge in [-0.2, -0.15) is 0 Å². The predicted molar refractivity (Wildman–Crippen MR) is 168 cm³/mol. The number of halogens is 3. The minimum absolute atomic E-state index is 0.113. The summed E-state index contributed by atoms with van der Waals surface area (Å²) in [6, 6.07) is 4.19. The van der Waals surface area contributed by atoms with Gasteiger partial charge in [-0.25, -0.2) is 4.79 Å². The van der Waals surface area contributed by atoms with Crippen molar-refractivity contribution in [1.29, 1.82) is 0 Å². The fraction of sp³-hybridized carbons (Fsp3) is 0.429. The lowest BCUT2D eigenvalue weighted by atomic mass is 9.96. The number of rotatable bonds is 5. The second kappa shape index (κ2) is 14.7. The maximum atomic E-state index is 13.6. The van der Waals surface area contributed by atoms with E-state index in [1.165, 1.54) is 21.1 Å². The molecule has 2 heterocycles. The molecule has 222 valence electrons. The highest BCUT2D eigenvalue weighted by molar-refractivity contribution is 14.1. The molecule has 4 atom stereocenters. The Morgan fingerprint density at radius 3 is 2.27 bits per heavy atom. The third-order valence-electron chi connectivity index (χ3n) is 6.71. The van der Waals surface area contributed by atoms with Crippen molar-refractivity contribution >= 4 is 78.1 Å². The Morgan fingerprint density at radius 1 is 1.07 bits per heavy atom. The average molecular weight is 809 g/mol. The van der Waals surface area contributed by atoms with Gasteiger partial charge in [0.05, 0.1) is 26.7 Å². The van der Waals surface area contributed by atoms with Crippen LogP contribution in [0.4, 0.5) is 0 Å². The first kappa shape index (κ1) is 33.1. The zero-order valence-corrected chi connectivity index (χ0v) is 28.6. The summed E-state index contributed by atoms with van der Waals surface area (Å²) in [5.41, 5.74) is 1.41. The summed E-state index contributed by atoms with van der Waals surface area (Å²) < 4.78 is 18.8. The lowest BCUT2D eigenvalue weighted by molar-refractivity contribution is -0.145. The van der Waals surface area contributed by atoms with Crippen LogP contribution in [-0.4, -0.2) is 56.0 Å². The van der Waals surface area contributed by atoms with Gasteiger partial charge in [-0.15, -0.1) is 0 Å². The Hall–Kier alpha value is -2.39. The van der Waals surface area contributed by atoms with E-state index in [1.807, 2.05) is 19.9 Å². The van der Waals surface area contributed by atoms with Gasteiger partial charge in [-0.1, -0.05) is 20.3 Å². The van der Waals surface area contributed by atoms with Crippen LogP contribution in [0, 0.1) is 9.49 Å². The molecule has 0 saturated heterocycles. The Balaban J connectivity index is 2.21. The van der Waals surface area contributed by atoms with E-state index >= 15 is 0 Å². The predicted octanol–water partition coefficient (Wildman–Crippen LogP) is 4.41. The van der Waals surface area contributed by atoms with Crippen LogP contribution in [0.3, 0.4) is 0 Å². The minimum atomic E-state index is -1.03. The van der Waals surface area contributed by atoms with Gasteiger partial charge in [0.25, 0.3) is 0 Å². The first-order valence-electron chi connectivity index (χ1n) is 12.9. The van der Waals surface area contributed by atoms with Crippen molar-refractivity contribution in [3.63, 3.8) is 0 Å². The maximum Gasteiger partial charge on any atom is 0.328 e. The van der Waals surface area contributed by atoms with Crippen LogP contribution in [0.25, 0.3) is 0 Å². The summed E-state index contributed by atoms with van der Waals surface area (Å²) >= 11 is 9.26. The van der Waals surface area contributed by atoms with Crippen molar-refractivity contribution in [3.8, 4) is 17.2 Å². The Labute approximate surface area is 269 Å². The van der Waals surface area contributed by atoms with Crippen LogP contribution in [0.15, 0.2) is 33.2 Å². The van der Waals surface area contributed by atoms with Gasteiger partial charge in [-0.3, -0.25) is 14.4 Å². The van der Waals surface area contributed by atoms with E-state index in [4.69, 9.17) is 14.2 Å². The molecule has 0 aromatic heterocycles. The molecule has 0 radical (unpaired) electrons. The van der Waals surface area contributed by atoms with Crippen molar-refractivity contribution in [2.24, 2.45) is 5.92 Å². The molecule has 0 saturated carbocycles. The molecule has 3 N–H and O–H groups in total. The molecule has 2 aromatic carbocycles. The summed E-state index contributed by atoms with van der Waals surface area (Å²) in [4.78, 5) is 51.9. The number of benzene rings is 2. The van der Waals surface area contributed by atoms with E-state index in [0.717, 1.165) is 3.57 Å². The largest absolute Gasteiger partial charge is 0.492 e. The highest BCUT2D eigenvalue weighted by atomic mass is 127. The van der Waals surface area contributed by atoms with Crippen molar-refractivity contribution in [1.82, 2.24) is 16.0 Å². The number of hydrogen-bond donors (Lipinski definition) is 3. The molecule has 0 spiro atoms. The van der Waals surface area contributed by atoms with Crippen LogP contribution in [0.2, 0.25) is 0 Å². The van der Waals surface area contributed by atoms with Gasteiger partial charge in [0, 0.05) is 19.8 Å². The molecule has 4 bridgehead atoms.